The van der Waals surface area contributed by atoms with Gasteiger partial charge in [-0.25, -0.2) is 8.42 Å². The maximum absolute atomic E-state index is 13.2. The average molecular weight is 479 g/mol. The lowest BCUT2D eigenvalue weighted by molar-refractivity contribution is 0.136. The van der Waals surface area contributed by atoms with Gasteiger partial charge in [-0.1, -0.05) is 54.1 Å². The van der Waals surface area contributed by atoms with E-state index >= 15 is 0 Å². The summed E-state index contributed by atoms with van der Waals surface area (Å²) >= 11 is 6.08. The molecule has 1 aliphatic rings. The first-order valence-corrected chi connectivity index (χ1v) is 12.7. The summed E-state index contributed by atoms with van der Waals surface area (Å²) < 4.78 is 34.1. The molecule has 7 heteroatoms. The number of para-hydroxylation sites is 1. The van der Waals surface area contributed by atoms with Gasteiger partial charge in [0.05, 0.1) is 4.90 Å². The Labute approximate surface area is 198 Å². The standard InChI is InChI=1S/C26H23ClN2O3S/c27-22-7-1-5-21(18-22)19-9-11-24(12-10-19)33(30,31)29-16-13-23(14-17-29)32-25-8-2-4-20-6-3-15-28-26(20)25/h1-12,15,18,23H,13-14,16-17H2. The number of benzene rings is 3. The lowest BCUT2D eigenvalue weighted by Crippen LogP contribution is -2.41. The van der Waals surface area contributed by atoms with Gasteiger partial charge in [0.15, 0.2) is 0 Å². The maximum atomic E-state index is 13.2. The average Bonchev–Trinajstić information content (AvgIpc) is 2.85. The molecule has 2 heterocycles. The Bertz CT molecular complexity index is 1380. The molecule has 0 unspecified atom stereocenters. The smallest absolute Gasteiger partial charge is 0.243 e. The molecule has 0 spiro atoms. The Morgan fingerprint density at radius 3 is 2.36 bits per heavy atom. The van der Waals surface area contributed by atoms with Crippen LogP contribution >= 0.6 is 11.6 Å². The van der Waals surface area contributed by atoms with Gasteiger partial charge in [0.2, 0.25) is 10.0 Å². The molecule has 0 saturated carbocycles. The van der Waals surface area contributed by atoms with Gasteiger partial charge in [0.1, 0.15) is 17.4 Å². The highest BCUT2D eigenvalue weighted by Crippen LogP contribution is 2.29. The molecule has 5 nitrogen and oxygen atoms in total. The van der Waals surface area contributed by atoms with Crippen LogP contribution in [-0.4, -0.2) is 36.9 Å². The predicted octanol–water partition coefficient (Wildman–Crippen LogP) is 5.79. The molecule has 5 rings (SSSR count). The third kappa shape index (κ3) is 4.60. The van der Waals surface area contributed by atoms with E-state index in [1.807, 2.05) is 66.7 Å². The van der Waals surface area contributed by atoms with E-state index in [9.17, 15) is 8.42 Å². The lowest BCUT2D eigenvalue weighted by atomic mass is 10.1. The Hall–Kier alpha value is -2.93. The number of fused-ring (bicyclic) bond motifs is 1. The Kier molecular flexibility index (Phi) is 6.06. The van der Waals surface area contributed by atoms with E-state index < -0.39 is 10.0 Å². The molecule has 168 valence electrons. The van der Waals surface area contributed by atoms with Gasteiger partial charge in [0, 0.05) is 29.7 Å². The first kappa shape index (κ1) is 21.9. The fourth-order valence-corrected chi connectivity index (χ4v) is 5.84. The summed E-state index contributed by atoms with van der Waals surface area (Å²) in [6.07, 6.45) is 2.96. The third-order valence-corrected chi connectivity index (χ3v) is 8.09. The number of hydrogen-bond donors (Lipinski definition) is 0. The summed E-state index contributed by atoms with van der Waals surface area (Å²) in [5.74, 6) is 0.742. The van der Waals surface area contributed by atoms with Crippen LogP contribution in [0.4, 0.5) is 0 Å². The fraction of sp³-hybridized carbons (Fsp3) is 0.192. The van der Waals surface area contributed by atoms with Gasteiger partial charge in [-0.15, -0.1) is 0 Å². The van der Waals surface area contributed by atoms with Crippen molar-refractivity contribution in [3.8, 4) is 16.9 Å². The van der Waals surface area contributed by atoms with E-state index in [1.165, 1.54) is 0 Å². The number of pyridine rings is 1. The van der Waals surface area contributed by atoms with Gasteiger partial charge in [0.25, 0.3) is 0 Å². The van der Waals surface area contributed by atoms with Crippen molar-refractivity contribution in [1.29, 1.82) is 0 Å². The molecular formula is C26H23ClN2O3S. The van der Waals surface area contributed by atoms with Crippen LogP contribution in [0, 0.1) is 0 Å². The Balaban J connectivity index is 1.26. The van der Waals surface area contributed by atoms with Crippen LogP contribution < -0.4 is 4.74 Å². The fourth-order valence-electron chi connectivity index (χ4n) is 4.18. The van der Waals surface area contributed by atoms with E-state index in [-0.39, 0.29) is 6.10 Å². The summed E-state index contributed by atoms with van der Waals surface area (Å²) in [4.78, 5) is 4.73. The minimum absolute atomic E-state index is 0.0470. The topological polar surface area (TPSA) is 59.5 Å². The monoisotopic (exact) mass is 478 g/mol. The van der Waals surface area contributed by atoms with E-state index in [1.54, 1.807) is 22.6 Å². The first-order chi connectivity index (χ1) is 16.0. The molecule has 0 N–H and O–H groups in total. The minimum Gasteiger partial charge on any atom is -0.488 e. The molecule has 0 bridgehead atoms. The summed E-state index contributed by atoms with van der Waals surface area (Å²) in [6.45, 7) is 0.836. The van der Waals surface area contributed by atoms with Crippen molar-refractivity contribution in [3.05, 3.63) is 90.1 Å². The number of ether oxygens (including phenoxy) is 1. The predicted molar refractivity (Wildman–Crippen MR) is 131 cm³/mol. The van der Waals surface area contributed by atoms with E-state index in [0.717, 1.165) is 27.8 Å². The van der Waals surface area contributed by atoms with Crippen LogP contribution in [0.1, 0.15) is 12.8 Å². The highest BCUT2D eigenvalue weighted by molar-refractivity contribution is 7.89. The number of piperidine rings is 1. The molecular weight excluding hydrogens is 456 g/mol. The highest BCUT2D eigenvalue weighted by atomic mass is 35.5. The van der Waals surface area contributed by atoms with Crippen molar-refractivity contribution in [2.45, 2.75) is 23.8 Å². The zero-order valence-electron chi connectivity index (χ0n) is 17.9. The minimum atomic E-state index is -3.56. The van der Waals surface area contributed by atoms with Crippen molar-refractivity contribution in [3.63, 3.8) is 0 Å². The zero-order chi connectivity index (χ0) is 22.8. The first-order valence-electron chi connectivity index (χ1n) is 10.9. The van der Waals surface area contributed by atoms with E-state index in [2.05, 4.69) is 4.98 Å². The number of sulfonamides is 1. The van der Waals surface area contributed by atoms with E-state index in [0.29, 0.717) is 35.8 Å². The van der Waals surface area contributed by atoms with Crippen molar-refractivity contribution < 1.29 is 13.2 Å². The Morgan fingerprint density at radius 2 is 1.61 bits per heavy atom. The molecule has 0 radical (unpaired) electrons. The second-order valence-electron chi connectivity index (χ2n) is 8.09. The van der Waals surface area contributed by atoms with E-state index in [4.69, 9.17) is 16.3 Å². The molecule has 0 aliphatic carbocycles. The highest BCUT2D eigenvalue weighted by Gasteiger charge is 2.30. The normalized spacial score (nSPS) is 15.5. The number of nitrogens with zero attached hydrogens (tertiary/aromatic N) is 2. The molecule has 4 aromatic rings. The summed E-state index contributed by atoms with van der Waals surface area (Å²) in [5.41, 5.74) is 2.70. The second-order valence-corrected chi connectivity index (χ2v) is 10.5. The quantitative estimate of drug-likeness (QED) is 0.364. The number of rotatable bonds is 5. The van der Waals surface area contributed by atoms with Gasteiger partial charge in [-0.2, -0.15) is 4.31 Å². The van der Waals surface area contributed by atoms with Crippen LogP contribution in [0.5, 0.6) is 5.75 Å². The van der Waals surface area contributed by atoms with Crippen molar-refractivity contribution >= 4 is 32.5 Å². The molecule has 33 heavy (non-hydrogen) atoms. The number of aromatic nitrogens is 1. The summed E-state index contributed by atoms with van der Waals surface area (Å²) in [7, 11) is -3.56. The number of hydrogen-bond acceptors (Lipinski definition) is 4. The van der Waals surface area contributed by atoms with Crippen LogP contribution in [-0.2, 0) is 10.0 Å². The maximum Gasteiger partial charge on any atom is 0.243 e. The third-order valence-electron chi connectivity index (χ3n) is 5.94. The van der Waals surface area contributed by atoms with Gasteiger partial charge < -0.3 is 4.74 Å². The van der Waals surface area contributed by atoms with Crippen molar-refractivity contribution in [2.24, 2.45) is 0 Å². The SMILES string of the molecule is O=S(=O)(c1ccc(-c2cccc(Cl)c2)cc1)N1CCC(Oc2cccc3cccnc23)CC1. The largest absolute Gasteiger partial charge is 0.488 e. The van der Waals surface area contributed by atoms with Crippen LogP contribution in [0.25, 0.3) is 22.0 Å². The molecule has 1 saturated heterocycles. The van der Waals surface area contributed by atoms with Crippen LogP contribution in [0.3, 0.4) is 0 Å². The zero-order valence-corrected chi connectivity index (χ0v) is 19.5. The lowest BCUT2D eigenvalue weighted by Gasteiger charge is -2.31. The number of halogens is 1. The van der Waals surface area contributed by atoms with Crippen LogP contribution in [0.2, 0.25) is 5.02 Å². The second kappa shape index (κ2) is 9.14. The van der Waals surface area contributed by atoms with Gasteiger partial charge >= 0.3 is 0 Å². The molecule has 0 atom stereocenters. The Morgan fingerprint density at radius 1 is 0.879 bits per heavy atom. The molecule has 0 amide bonds. The van der Waals surface area contributed by atoms with Crippen molar-refractivity contribution in [1.82, 2.24) is 9.29 Å². The molecule has 1 aliphatic heterocycles. The summed E-state index contributed by atoms with van der Waals surface area (Å²) in [5, 5.41) is 1.67. The van der Waals surface area contributed by atoms with Crippen LogP contribution in [0.15, 0.2) is 90.0 Å². The molecule has 3 aromatic carbocycles. The van der Waals surface area contributed by atoms with Gasteiger partial charge in [-0.3, -0.25) is 4.98 Å². The molecule has 1 aromatic heterocycles. The summed E-state index contributed by atoms with van der Waals surface area (Å²) in [6, 6.07) is 24.2. The van der Waals surface area contributed by atoms with Crippen molar-refractivity contribution in [2.75, 3.05) is 13.1 Å². The molecule has 1 fully saturated rings. The van der Waals surface area contributed by atoms with Gasteiger partial charge in [-0.05, 0) is 60.4 Å².